The Labute approximate surface area is 158 Å². The Morgan fingerprint density at radius 3 is 2.59 bits per heavy atom. The number of hydrogen-bond donors (Lipinski definition) is 0. The summed E-state index contributed by atoms with van der Waals surface area (Å²) in [5, 5.41) is 0. The average Bonchev–Trinajstić information content (AvgIpc) is 2.69. The second kappa shape index (κ2) is 7.06. The molecular formula is C22H24N2O3. The van der Waals surface area contributed by atoms with E-state index in [0.29, 0.717) is 31.1 Å². The number of methoxy groups -OCH3 is 1. The van der Waals surface area contributed by atoms with Crippen molar-refractivity contribution in [2.75, 3.05) is 20.2 Å². The molecule has 2 aliphatic heterocycles. The molecule has 140 valence electrons. The number of aromatic nitrogens is 1. The van der Waals surface area contributed by atoms with E-state index in [4.69, 9.17) is 4.74 Å². The summed E-state index contributed by atoms with van der Waals surface area (Å²) in [4.78, 5) is 27.4. The number of allylic oxidation sites excluding steroid dienone is 1. The maximum absolute atomic E-state index is 13.0. The number of fused-ring (bicyclic) bond motifs is 4. The monoisotopic (exact) mass is 364 g/mol. The Morgan fingerprint density at radius 1 is 1.11 bits per heavy atom. The lowest BCUT2D eigenvalue weighted by atomic mass is 9.81. The Morgan fingerprint density at radius 2 is 1.89 bits per heavy atom. The van der Waals surface area contributed by atoms with Gasteiger partial charge in [-0.3, -0.25) is 9.59 Å². The average molecular weight is 364 g/mol. The molecular weight excluding hydrogens is 340 g/mol. The highest BCUT2D eigenvalue weighted by Gasteiger charge is 2.37. The lowest BCUT2D eigenvalue weighted by molar-refractivity contribution is 0.0594. The quantitative estimate of drug-likeness (QED) is 0.841. The van der Waals surface area contributed by atoms with Crippen molar-refractivity contribution in [3.63, 3.8) is 0 Å². The number of piperidine rings is 1. The highest BCUT2D eigenvalue weighted by Crippen LogP contribution is 2.37. The molecule has 1 aromatic heterocycles. The number of carbonyl (C=O) groups is 1. The topological polar surface area (TPSA) is 51.5 Å². The maximum Gasteiger partial charge on any atom is 0.253 e. The minimum atomic E-state index is 0.0478. The van der Waals surface area contributed by atoms with Gasteiger partial charge in [0.05, 0.1) is 7.11 Å². The van der Waals surface area contributed by atoms with Gasteiger partial charge in [-0.2, -0.15) is 0 Å². The van der Waals surface area contributed by atoms with Crippen molar-refractivity contribution >= 4 is 12.0 Å². The molecule has 0 radical (unpaired) electrons. The van der Waals surface area contributed by atoms with Crippen LogP contribution in [0.1, 0.15) is 40.9 Å². The summed E-state index contributed by atoms with van der Waals surface area (Å²) >= 11 is 0. The van der Waals surface area contributed by atoms with Crippen molar-refractivity contribution < 1.29 is 9.53 Å². The van der Waals surface area contributed by atoms with Crippen LogP contribution >= 0.6 is 0 Å². The minimum Gasteiger partial charge on any atom is -0.497 e. The van der Waals surface area contributed by atoms with E-state index in [-0.39, 0.29) is 17.4 Å². The summed E-state index contributed by atoms with van der Waals surface area (Å²) in [7, 11) is 1.62. The number of hydrogen-bond acceptors (Lipinski definition) is 3. The largest absolute Gasteiger partial charge is 0.497 e. The SMILES string of the molecule is CC=Cc1ccc(=O)n2c1[C@H]1C[C@@H](CN(C(=O)c3ccc(OC)cc3)C1)C2. The van der Waals surface area contributed by atoms with E-state index < -0.39 is 0 Å². The van der Waals surface area contributed by atoms with Crippen LogP contribution in [0.15, 0.2) is 47.3 Å². The number of likely N-dealkylation sites (tertiary alicyclic amines) is 1. The number of nitrogens with zero attached hydrogens (tertiary/aromatic N) is 2. The lowest BCUT2D eigenvalue weighted by Crippen LogP contribution is -2.49. The van der Waals surface area contributed by atoms with Crippen molar-refractivity contribution in [2.24, 2.45) is 5.92 Å². The van der Waals surface area contributed by atoms with E-state index in [1.165, 1.54) is 0 Å². The molecule has 1 amide bonds. The summed E-state index contributed by atoms with van der Waals surface area (Å²) < 4.78 is 7.10. The molecule has 2 bridgehead atoms. The van der Waals surface area contributed by atoms with Crippen molar-refractivity contribution in [3.05, 3.63) is 69.6 Å². The van der Waals surface area contributed by atoms with Gasteiger partial charge in [-0.1, -0.05) is 12.2 Å². The van der Waals surface area contributed by atoms with Crippen LogP contribution in [-0.2, 0) is 6.54 Å². The fourth-order valence-electron chi connectivity index (χ4n) is 4.45. The van der Waals surface area contributed by atoms with Crippen LogP contribution in [-0.4, -0.2) is 35.6 Å². The molecule has 2 aliphatic rings. The van der Waals surface area contributed by atoms with Gasteiger partial charge in [-0.25, -0.2) is 0 Å². The van der Waals surface area contributed by atoms with Crippen LogP contribution in [0.2, 0.25) is 0 Å². The molecule has 2 atom stereocenters. The third kappa shape index (κ3) is 3.18. The van der Waals surface area contributed by atoms with Crippen LogP contribution in [0.4, 0.5) is 0 Å². The van der Waals surface area contributed by atoms with Gasteiger partial charge in [0.1, 0.15) is 5.75 Å². The molecule has 0 N–H and O–H groups in total. The summed E-state index contributed by atoms with van der Waals surface area (Å²) in [6, 6.07) is 10.8. The number of pyridine rings is 1. The van der Waals surface area contributed by atoms with Crippen LogP contribution < -0.4 is 10.3 Å². The minimum absolute atomic E-state index is 0.0478. The molecule has 4 rings (SSSR count). The zero-order valence-corrected chi connectivity index (χ0v) is 15.7. The molecule has 1 saturated heterocycles. The van der Waals surface area contributed by atoms with Gasteiger partial charge in [-0.15, -0.1) is 0 Å². The van der Waals surface area contributed by atoms with E-state index >= 15 is 0 Å². The van der Waals surface area contributed by atoms with Gasteiger partial charge >= 0.3 is 0 Å². The first-order valence-electron chi connectivity index (χ1n) is 9.40. The predicted molar refractivity (Wildman–Crippen MR) is 105 cm³/mol. The number of ether oxygens (including phenoxy) is 1. The van der Waals surface area contributed by atoms with E-state index in [1.807, 2.05) is 52.8 Å². The zero-order chi connectivity index (χ0) is 19.0. The molecule has 0 aliphatic carbocycles. The van der Waals surface area contributed by atoms with Gasteiger partial charge in [0.15, 0.2) is 0 Å². The van der Waals surface area contributed by atoms with Crippen molar-refractivity contribution in [1.29, 1.82) is 0 Å². The zero-order valence-electron chi connectivity index (χ0n) is 15.7. The first kappa shape index (κ1) is 17.6. The first-order valence-corrected chi connectivity index (χ1v) is 9.40. The lowest BCUT2D eigenvalue weighted by Gasteiger charge is -2.43. The highest BCUT2D eigenvalue weighted by molar-refractivity contribution is 5.94. The Bertz CT molecular complexity index is 943. The van der Waals surface area contributed by atoms with Crippen LogP contribution in [0, 0.1) is 5.92 Å². The number of carbonyl (C=O) groups excluding carboxylic acids is 1. The molecule has 0 unspecified atom stereocenters. The summed E-state index contributed by atoms with van der Waals surface area (Å²) in [5.41, 5.74) is 2.89. The third-order valence-corrected chi connectivity index (χ3v) is 5.59. The molecule has 27 heavy (non-hydrogen) atoms. The first-order chi connectivity index (χ1) is 13.1. The van der Waals surface area contributed by atoms with Gasteiger partial charge in [0, 0.05) is 42.9 Å². The molecule has 1 aromatic carbocycles. The van der Waals surface area contributed by atoms with E-state index in [2.05, 4.69) is 6.08 Å². The van der Waals surface area contributed by atoms with Crippen LogP contribution in [0.5, 0.6) is 5.75 Å². The molecule has 0 saturated carbocycles. The van der Waals surface area contributed by atoms with E-state index in [9.17, 15) is 9.59 Å². The van der Waals surface area contributed by atoms with Gasteiger partial charge in [0.2, 0.25) is 0 Å². The van der Waals surface area contributed by atoms with Crippen molar-refractivity contribution in [1.82, 2.24) is 9.47 Å². The second-order valence-electron chi connectivity index (χ2n) is 7.36. The highest BCUT2D eigenvalue weighted by atomic mass is 16.5. The Balaban J connectivity index is 1.65. The summed E-state index contributed by atoms with van der Waals surface area (Å²) in [6.45, 7) is 4.01. The van der Waals surface area contributed by atoms with Crippen LogP contribution in [0.3, 0.4) is 0 Å². The summed E-state index contributed by atoms with van der Waals surface area (Å²) in [5.74, 6) is 1.30. The van der Waals surface area contributed by atoms with Crippen molar-refractivity contribution in [2.45, 2.75) is 25.8 Å². The summed E-state index contributed by atoms with van der Waals surface area (Å²) in [6.07, 6.45) is 5.08. The number of amides is 1. The fraction of sp³-hybridized carbons (Fsp3) is 0.364. The number of benzene rings is 1. The van der Waals surface area contributed by atoms with Gasteiger partial charge in [0.25, 0.3) is 11.5 Å². The molecule has 2 aromatic rings. The standard InChI is InChI=1S/C22H24N2O3/c1-3-4-16-7-10-20(25)24-13-15-11-18(21(16)24)14-23(12-15)22(26)17-5-8-19(27-2)9-6-17/h3-10,15,18H,11-14H2,1-2H3/t15-,18-/m0/s1. The second-order valence-corrected chi connectivity index (χ2v) is 7.36. The smallest absolute Gasteiger partial charge is 0.253 e. The van der Waals surface area contributed by atoms with Crippen molar-refractivity contribution in [3.8, 4) is 5.75 Å². The van der Waals surface area contributed by atoms with Gasteiger partial charge in [-0.05, 0) is 55.2 Å². The Hall–Kier alpha value is -2.82. The van der Waals surface area contributed by atoms with Gasteiger partial charge < -0.3 is 14.2 Å². The molecule has 5 nitrogen and oxygen atoms in total. The normalized spacial score (nSPS) is 21.2. The fourth-order valence-corrected chi connectivity index (χ4v) is 4.45. The maximum atomic E-state index is 13.0. The molecule has 1 fully saturated rings. The predicted octanol–water partition coefficient (Wildman–Crippen LogP) is 3.15. The number of rotatable bonds is 3. The third-order valence-electron chi connectivity index (χ3n) is 5.59. The molecule has 0 spiro atoms. The molecule has 5 heteroatoms. The van der Waals surface area contributed by atoms with Crippen LogP contribution in [0.25, 0.3) is 6.08 Å². The van der Waals surface area contributed by atoms with E-state index in [0.717, 1.165) is 23.4 Å². The Kier molecular flexibility index (Phi) is 4.60. The molecule has 3 heterocycles. The van der Waals surface area contributed by atoms with E-state index in [1.54, 1.807) is 13.2 Å².